The number of rotatable bonds is 5. The molecule has 21 heavy (non-hydrogen) atoms. The van der Waals surface area contributed by atoms with Crippen molar-refractivity contribution in [3.05, 3.63) is 62.6 Å². The summed E-state index contributed by atoms with van der Waals surface area (Å²) in [6, 6.07) is 12.6. The van der Waals surface area contributed by atoms with E-state index in [4.69, 9.17) is 0 Å². The Labute approximate surface area is 131 Å². The lowest BCUT2D eigenvalue weighted by molar-refractivity contribution is -0.384. The van der Waals surface area contributed by atoms with Crippen LogP contribution in [-0.4, -0.2) is 19.0 Å². The molecule has 6 heteroatoms. The monoisotopic (exact) mass is 349 g/mol. The Hall–Kier alpha value is -2.08. The van der Waals surface area contributed by atoms with E-state index in [-0.39, 0.29) is 10.6 Å². The molecule has 0 aliphatic carbocycles. The highest BCUT2D eigenvalue weighted by Gasteiger charge is 2.08. The van der Waals surface area contributed by atoms with Gasteiger partial charge >= 0.3 is 0 Å². The van der Waals surface area contributed by atoms with E-state index < -0.39 is 0 Å². The van der Waals surface area contributed by atoms with E-state index in [1.54, 1.807) is 12.1 Å². The highest BCUT2D eigenvalue weighted by molar-refractivity contribution is 9.10. The molecule has 0 aliphatic rings. The maximum absolute atomic E-state index is 10.8. The molecule has 0 aromatic heterocycles. The van der Waals surface area contributed by atoms with Gasteiger partial charge in [-0.05, 0) is 23.8 Å². The van der Waals surface area contributed by atoms with Crippen molar-refractivity contribution in [2.45, 2.75) is 6.54 Å². The third-order valence-corrected chi connectivity index (χ3v) is 3.54. The van der Waals surface area contributed by atoms with Crippen molar-refractivity contribution < 1.29 is 4.92 Å². The fourth-order valence-electron chi connectivity index (χ4n) is 2.02. The third kappa shape index (κ3) is 3.95. The van der Waals surface area contributed by atoms with Crippen molar-refractivity contribution in [3.8, 4) is 0 Å². The number of nitrogens with one attached hydrogen (secondary N) is 1. The van der Waals surface area contributed by atoms with Gasteiger partial charge in [0.2, 0.25) is 0 Å². The molecule has 110 valence electrons. The molecule has 0 radical (unpaired) electrons. The standard InChI is InChI=1S/C15H16BrN3O2/c1-18(2)15-7-6-12(16)9-14(15)17-10-11-4-3-5-13(8-11)19(20)21/h3-9,17H,10H2,1-2H3. The van der Waals surface area contributed by atoms with Gasteiger partial charge in [-0.2, -0.15) is 0 Å². The van der Waals surface area contributed by atoms with E-state index in [2.05, 4.69) is 21.2 Å². The lowest BCUT2D eigenvalue weighted by atomic mass is 10.2. The Morgan fingerprint density at radius 2 is 2.00 bits per heavy atom. The highest BCUT2D eigenvalue weighted by atomic mass is 79.9. The number of benzene rings is 2. The van der Waals surface area contributed by atoms with Crippen LogP contribution in [0.1, 0.15) is 5.56 Å². The van der Waals surface area contributed by atoms with Crippen LogP contribution < -0.4 is 10.2 Å². The van der Waals surface area contributed by atoms with Gasteiger partial charge in [-0.15, -0.1) is 0 Å². The topological polar surface area (TPSA) is 58.4 Å². The van der Waals surface area contributed by atoms with Crippen LogP contribution in [0.4, 0.5) is 17.1 Å². The molecule has 0 amide bonds. The van der Waals surface area contributed by atoms with Gasteiger partial charge in [0.25, 0.3) is 5.69 Å². The molecule has 5 nitrogen and oxygen atoms in total. The van der Waals surface area contributed by atoms with Crippen LogP contribution in [0.15, 0.2) is 46.9 Å². The van der Waals surface area contributed by atoms with Crippen molar-refractivity contribution in [2.75, 3.05) is 24.3 Å². The van der Waals surface area contributed by atoms with Crippen LogP contribution in [0, 0.1) is 10.1 Å². The Bertz CT molecular complexity index is 659. The minimum absolute atomic E-state index is 0.108. The Balaban J connectivity index is 2.18. The zero-order valence-corrected chi connectivity index (χ0v) is 13.4. The van der Waals surface area contributed by atoms with E-state index in [1.807, 2.05) is 43.3 Å². The van der Waals surface area contributed by atoms with E-state index in [0.717, 1.165) is 21.4 Å². The van der Waals surface area contributed by atoms with Gasteiger partial charge in [0.05, 0.1) is 16.3 Å². The molecule has 2 rings (SSSR count). The summed E-state index contributed by atoms with van der Waals surface area (Å²) < 4.78 is 0.981. The van der Waals surface area contributed by atoms with Crippen molar-refractivity contribution in [1.82, 2.24) is 0 Å². The number of halogens is 1. The van der Waals surface area contributed by atoms with Crippen LogP contribution in [0.2, 0.25) is 0 Å². The summed E-state index contributed by atoms with van der Waals surface area (Å²) in [5.74, 6) is 0. The minimum atomic E-state index is -0.381. The fraction of sp³-hybridized carbons (Fsp3) is 0.200. The first-order chi connectivity index (χ1) is 9.97. The summed E-state index contributed by atoms with van der Waals surface area (Å²) in [5, 5.41) is 14.1. The van der Waals surface area contributed by atoms with Crippen molar-refractivity contribution >= 4 is 33.0 Å². The quantitative estimate of drug-likeness (QED) is 0.653. The van der Waals surface area contributed by atoms with Gasteiger partial charge in [-0.1, -0.05) is 28.1 Å². The first-order valence-corrected chi connectivity index (χ1v) is 7.21. The summed E-state index contributed by atoms with van der Waals surface area (Å²) >= 11 is 3.45. The van der Waals surface area contributed by atoms with Crippen molar-refractivity contribution in [1.29, 1.82) is 0 Å². The maximum atomic E-state index is 10.8. The van der Waals surface area contributed by atoms with Crippen molar-refractivity contribution in [3.63, 3.8) is 0 Å². The number of hydrogen-bond acceptors (Lipinski definition) is 4. The number of non-ortho nitro benzene ring substituents is 1. The number of anilines is 2. The summed E-state index contributed by atoms with van der Waals surface area (Å²) in [6.45, 7) is 0.527. The number of hydrogen-bond donors (Lipinski definition) is 1. The van der Waals surface area contributed by atoms with Gasteiger partial charge in [0.15, 0.2) is 0 Å². The highest BCUT2D eigenvalue weighted by Crippen LogP contribution is 2.28. The molecule has 0 fully saturated rings. The zero-order chi connectivity index (χ0) is 15.4. The first kappa shape index (κ1) is 15.3. The van der Waals surface area contributed by atoms with Gasteiger partial charge in [0, 0.05) is 37.2 Å². The lowest BCUT2D eigenvalue weighted by Crippen LogP contribution is -2.12. The molecule has 0 saturated carbocycles. The molecule has 0 atom stereocenters. The molecule has 0 unspecified atom stereocenters. The smallest absolute Gasteiger partial charge is 0.269 e. The second-order valence-electron chi connectivity index (χ2n) is 4.84. The maximum Gasteiger partial charge on any atom is 0.269 e. The van der Waals surface area contributed by atoms with Gasteiger partial charge in [-0.25, -0.2) is 0 Å². The van der Waals surface area contributed by atoms with E-state index in [9.17, 15) is 10.1 Å². The van der Waals surface area contributed by atoms with Crippen LogP contribution in [-0.2, 0) is 6.54 Å². The van der Waals surface area contributed by atoms with Crippen LogP contribution in [0.3, 0.4) is 0 Å². The van der Waals surface area contributed by atoms with E-state index in [1.165, 1.54) is 6.07 Å². The molecule has 0 aliphatic heterocycles. The van der Waals surface area contributed by atoms with Crippen LogP contribution in [0.5, 0.6) is 0 Å². The predicted octanol–water partition coefficient (Wildman–Crippen LogP) is 4.04. The van der Waals surface area contributed by atoms with E-state index >= 15 is 0 Å². The average molecular weight is 350 g/mol. The Kier molecular flexibility index (Phi) is 4.80. The lowest BCUT2D eigenvalue weighted by Gasteiger charge is -2.19. The van der Waals surface area contributed by atoms with Gasteiger partial charge < -0.3 is 10.2 Å². The van der Waals surface area contributed by atoms with Crippen LogP contribution >= 0.6 is 15.9 Å². The average Bonchev–Trinajstić information content (AvgIpc) is 2.45. The van der Waals surface area contributed by atoms with E-state index in [0.29, 0.717) is 6.54 Å². The molecule has 0 spiro atoms. The number of nitrogens with zero attached hydrogens (tertiary/aromatic N) is 2. The molecule has 0 heterocycles. The Morgan fingerprint density at radius 3 is 2.67 bits per heavy atom. The molecule has 1 N–H and O–H groups in total. The molecule has 2 aromatic carbocycles. The predicted molar refractivity (Wildman–Crippen MR) is 88.9 cm³/mol. The molecule has 0 bridgehead atoms. The fourth-order valence-corrected chi connectivity index (χ4v) is 2.38. The second kappa shape index (κ2) is 6.58. The van der Waals surface area contributed by atoms with Gasteiger partial charge in [0.1, 0.15) is 0 Å². The molecule has 0 saturated heterocycles. The van der Waals surface area contributed by atoms with Gasteiger partial charge in [-0.3, -0.25) is 10.1 Å². The second-order valence-corrected chi connectivity index (χ2v) is 5.75. The van der Waals surface area contributed by atoms with Crippen LogP contribution in [0.25, 0.3) is 0 Å². The summed E-state index contributed by atoms with van der Waals surface area (Å²) in [4.78, 5) is 12.4. The molecule has 2 aromatic rings. The zero-order valence-electron chi connectivity index (χ0n) is 11.8. The SMILES string of the molecule is CN(C)c1ccc(Br)cc1NCc1cccc([N+](=O)[O-])c1. The summed E-state index contributed by atoms with van der Waals surface area (Å²) in [6.07, 6.45) is 0. The minimum Gasteiger partial charge on any atom is -0.379 e. The van der Waals surface area contributed by atoms with Crippen molar-refractivity contribution in [2.24, 2.45) is 0 Å². The first-order valence-electron chi connectivity index (χ1n) is 6.41. The largest absolute Gasteiger partial charge is 0.379 e. The molecular weight excluding hydrogens is 334 g/mol. The summed E-state index contributed by atoms with van der Waals surface area (Å²) in [7, 11) is 3.95. The number of nitro benzene ring substituents is 1. The molecular formula is C15H16BrN3O2. The Morgan fingerprint density at radius 1 is 1.24 bits per heavy atom. The normalized spacial score (nSPS) is 10.2. The number of nitro groups is 1. The third-order valence-electron chi connectivity index (χ3n) is 3.04. The summed E-state index contributed by atoms with van der Waals surface area (Å²) in [5.41, 5.74) is 3.01.